The third kappa shape index (κ3) is 2.36. The minimum atomic E-state index is -1.34. The van der Waals surface area contributed by atoms with Crippen molar-refractivity contribution in [1.82, 2.24) is 0 Å². The largest absolute Gasteiger partial charge is 0.451 e. The zero-order valence-electron chi connectivity index (χ0n) is 11.6. The van der Waals surface area contributed by atoms with Crippen LogP contribution in [0.5, 0.6) is 5.75 Å². The molecule has 0 saturated heterocycles. The molecule has 2 atom stereocenters. The molecule has 0 amide bonds. The van der Waals surface area contributed by atoms with E-state index in [1.165, 1.54) is 0 Å². The fraction of sp³-hybridized carbons (Fsp3) is 0.400. The number of aryl methyl sites for hydroxylation is 1. The summed E-state index contributed by atoms with van der Waals surface area (Å²) in [6, 6.07) is 5.50. The number of rotatable bonds is 2. The molecule has 0 aliphatic carbocycles. The van der Waals surface area contributed by atoms with Gasteiger partial charge in [-0.15, -0.1) is 0 Å². The molecule has 1 aromatic carbocycles. The number of esters is 1. The summed E-state index contributed by atoms with van der Waals surface area (Å²) in [7, 11) is 0. The van der Waals surface area contributed by atoms with Crippen molar-refractivity contribution in [3.05, 3.63) is 41.0 Å². The molecule has 0 saturated carbocycles. The van der Waals surface area contributed by atoms with Gasteiger partial charge in [0, 0.05) is 11.1 Å². The zero-order chi connectivity index (χ0) is 14.2. The monoisotopic (exact) mass is 262 g/mol. The van der Waals surface area contributed by atoms with Crippen LogP contribution in [0.25, 0.3) is 0 Å². The van der Waals surface area contributed by atoms with Crippen LogP contribution < -0.4 is 4.74 Å². The first-order chi connectivity index (χ1) is 8.86. The van der Waals surface area contributed by atoms with E-state index in [1.807, 2.05) is 19.1 Å². The molecular weight excluding hydrogens is 244 g/mol. The Morgan fingerprint density at radius 3 is 2.84 bits per heavy atom. The van der Waals surface area contributed by atoms with Crippen LogP contribution in [0.15, 0.2) is 29.8 Å². The van der Waals surface area contributed by atoms with Crippen LogP contribution in [0.2, 0.25) is 0 Å². The third-order valence-electron chi connectivity index (χ3n) is 3.34. The number of carbonyl (C=O) groups is 1. The van der Waals surface area contributed by atoms with Crippen LogP contribution in [-0.4, -0.2) is 17.4 Å². The fourth-order valence-electron chi connectivity index (χ4n) is 1.95. The molecule has 0 spiro atoms. The Hall–Kier alpha value is -1.81. The van der Waals surface area contributed by atoms with Gasteiger partial charge in [0.2, 0.25) is 0 Å². The van der Waals surface area contributed by atoms with E-state index < -0.39 is 17.9 Å². The Bertz CT molecular complexity index is 543. The highest BCUT2D eigenvalue weighted by molar-refractivity contribution is 5.87. The highest BCUT2D eigenvalue weighted by Gasteiger charge is 2.46. The van der Waals surface area contributed by atoms with Crippen molar-refractivity contribution < 1.29 is 19.4 Å². The first-order valence-corrected chi connectivity index (χ1v) is 6.20. The van der Waals surface area contributed by atoms with E-state index in [0.717, 1.165) is 5.56 Å². The van der Waals surface area contributed by atoms with Gasteiger partial charge in [0.1, 0.15) is 5.75 Å². The molecule has 0 aromatic heterocycles. The molecular formula is C15H18O4. The zero-order valence-corrected chi connectivity index (χ0v) is 11.6. The quantitative estimate of drug-likeness (QED) is 0.657. The molecule has 19 heavy (non-hydrogen) atoms. The lowest BCUT2D eigenvalue weighted by atomic mass is 9.96. The van der Waals surface area contributed by atoms with Gasteiger partial charge in [0.15, 0.2) is 5.60 Å². The number of benzene rings is 1. The number of fused-ring (bicyclic) bond motifs is 1. The summed E-state index contributed by atoms with van der Waals surface area (Å²) in [4.78, 5) is 11.8. The second kappa shape index (κ2) is 4.70. The SMILES string of the molecule is CC=C(C)C(=O)O[C@@H]1Oc2cc(C)ccc2[C@@]1(C)O. The van der Waals surface area contributed by atoms with Gasteiger partial charge in [-0.3, -0.25) is 0 Å². The maximum absolute atomic E-state index is 11.8. The van der Waals surface area contributed by atoms with Crippen LogP contribution in [0.4, 0.5) is 0 Å². The number of aliphatic hydroxyl groups is 1. The van der Waals surface area contributed by atoms with Crippen LogP contribution in [0.3, 0.4) is 0 Å². The van der Waals surface area contributed by atoms with E-state index >= 15 is 0 Å². The molecule has 0 bridgehead atoms. The maximum atomic E-state index is 11.8. The summed E-state index contributed by atoms with van der Waals surface area (Å²) in [6.45, 7) is 6.92. The Labute approximate surface area is 112 Å². The normalized spacial score (nSPS) is 25.7. The van der Waals surface area contributed by atoms with E-state index in [1.54, 1.807) is 32.9 Å². The van der Waals surface area contributed by atoms with E-state index in [2.05, 4.69) is 0 Å². The van der Waals surface area contributed by atoms with Crippen LogP contribution in [-0.2, 0) is 15.1 Å². The second-order valence-electron chi connectivity index (χ2n) is 4.97. The van der Waals surface area contributed by atoms with Gasteiger partial charge < -0.3 is 14.6 Å². The molecule has 1 aliphatic rings. The van der Waals surface area contributed by atoms with E-state index in [4.69, 9.17) is 9.47 Å². The van der Waals surface area contributed by atoms with Crippen molar-refractivity contribution in [3.63, 3.8) is 0 Å². The first-order valence-electron chi connectivity index (χ1n) is 6.20. The summed E-state index contributed by atoms with van der Waals surface area (Å²) < 4.78 is 10.8. The Kier molecular flexibility index (Phi) is 3.37. The van der Waals surface area contributed by atoms with Gasteiger partial charge in [-0.2, -0.15) is 0 Å². The smallest absolute Gasteiger partial charge is 0.336 e. The molecule has 4 nitrogen and oxygen atoms in total. The van der Waals surface area contributed by atoms with Gasteiger partial charge in [0.25, 0.3) is 6.29 Å². The summed E-state index contributed by atoms with van der Waals surface area (Å²) in [5.41, 5.74) is 0.791. The molecule has 1 heterocycles. The second-order valence-corrected chi connectivity index (χ2v) is 4.97. The molecule has 1 aromatic rings. The van der Waals surface area contributed by atoms with Gasteiger partial charge >= 0.3 is 5.97 Å². The Morgan fingerprint density at radius 2 is 2.21 bits per heavy atom. The highest BCUT2D eigenvalue weighted by Crippen LogP contribution is 2.42. The molecule has 4 heteroatoms. The van der Waals surface area contributed by atoms with Gasteiger partial charge in [-0.1, -0.05) is 18.2 Å². The molecule has 0 fully saturated rings. The summed E-state index contributed by atoms with van der Waals surface area (Å²) in [6.07, 6.45) is 0.634. The Morgan fingerprint density at radius 1 is 1.53 bits per heavy atom. The number of ether oxygens (including phenoxy) is 2. The van der Waals surface area contributed by atoms with Gasteiger partial charge in [0.05, 0.1) is 0 Å². The predicted octanol–water partition coefficient (Wildman–Crippen LogP) is 2.43. The highest BCUT2D eigenvalue weighted by atomic mass is 16.7. The maximum Gasteiger partial charge on any atom is 0.336 e. The standard InChI is InChI=1S/C15H18O4/c1-5-10(3)13(16)19-14-15(4,17)11-7-6-9(2)8-12(11)18-14/h5-8,14,17H,1-4H3/t14-,15+/m0/s1. The number of carbonyl (C=O) groups excluding carboxylic acids is 1. The average Bonchev–Trinajstić information content (AvgIpc) is 2.59. The van der Waals surface area contributed by atoms with E-state index in [-0.39, 0.29) is 0 Å². The van der Waals surface area contributed by atoms with Crippen LogP contribution in [0.1, 0.15) is 31.9 Å². The minimum Gasteiger partial charge on any atom is -0.451 e. The van der Waals surface area contributed by atoms with Gasteiger partial charge in [-0.05, 0) is 39.3 Å². The Balaban J connectivity index is 2.25. The lowest BCUT2D eigenvalue weighted by Crippen LogP contribution is -2.39. The molecule has 1 N–H and O–H groups in total. The molecule has 1 aliphatic heterocycles. The average molecular weight is 262 g/mol. The lowest BCUT2D eigenvalue weighted by molar-refractivity contribution is -0.189. The summed E-state index contributed by atoms with van der Waals surface area (Å²) in [5.74, 6) is 0.0678. The molecule has 0 radical (unpaired) electrons. The number of hydrogen-bond donors (Lipinski definition) is 1. The van der Waals surface area contributed by atoms with Crippen molar-refractivity contribution in [2.24, 2.45) is 0 Å². The number of allylic oxidation sites excluding steroid dienone is 1. The van der Waals surface area contributed by atoms with Crippen molar-refractivity contribution >= 4 is 5.97 Å². The van der Waals surface area contributed by atoms with Crippen LogP contribution in [0, 0.1) is 6.92 Å². The van der Waals surface area contributed by atoms with Crippen LogP contribution >= 0.6 is 0 Å². The summed E-state index contributed by atoms with van der Waals surface area (Å²) >= 11 is 0. The minimum absolute atomic E-state index is 0.478. The fourth-order valence-corrected chi connectivity index (χ4v) is 1.95. The van der Waals surface area contributed by atoms with E-state index in [9.17, 15) is 9.90 Å². The topological polar surface area (TPSA) is 55.8 Å². The number of hydrogen-bond acceptors (Lipinski definition) is 4. The van der Waals surface area contributed by atoms with E-state index in [0.29, 0.717) is 16.9 Å². The molecule has 0 unspecified atom stereocenters. The van der Waals surface area contributed by atoms with Crippen molar-refractivity contribution in [1.29, 1.82) is 0 Å². The predicted molar refractivity (Wildman–Crippen MR) is 70.7 cm³/mol. The van der Waals surface area contributed by atoms with Crippen molar-refractivity contribution in [2.45, 2.75) is 39.6 Å². The lowest BCUT2D eigenvalue weighted by Gasteiger charge is -2.24. The summed E-state index contributed by atoms with van der Waals surface area (Å²) in [5, 5.41) is 10.5. The van der Waals surface area contributed by atoms with Crippen molar-refractivity contribution in [3.8, 4) is 5.75 Å². The third-order valence-corrected chi connectivity index (χ3v) is 3.34. The van der Waals surface area contributed by atoms with Gasteiger partial charge in [-0.25, -0.2) is 4.79 Å². The van der Waals surface area contributed by atoms with Crippen molar-refractivity contribution in [2.75, 3.05) is 0 Å². The molecule has 102 valence electrons. The molecule has 2 rings (SSSR count). The first kappa shape index (κ1) is 13.6.